The van der Waals surface area contributed by atoms with Gasteiger partial charge >= 0.3 is 0 Å². The van der Waals surface area contributed by atoms with Crippen LogP contribution in [0.3, 0.4) is 0 Å². The van der Waals surface area contributed by atoms with E-state index < -0.39 is 5.60 Å². The van der Waals surface area contributed by atoms with Crippen LogP contribution < -0.4 is 4.74 Å². The minimum absolute atomic E-state index is 0.481. The number of benzene rings is 1. The summed E-state index contributed by atoms with van der Waals surface area (Å²) in [6, 6.07) is 7.64. The first-order valence-electron chi connectivity index (χ1n) is 8.94. The molecule has 0 bridgehead atoms. The zero-order valence-electron chi connectivity index (χ0n) is 15.5. The summed E-state index contributed by atoms with van der Waals surface area (Å²) < 4.78 is 6.06. The molecule has 0 unspecified atom stereocenters. The SMILES string of the molecule is CCCCN1CCN(C2=CC(C)(C)Oc3ccc(C#N)cc32)C1=NC#N. The highest BCUT2D eigenvalue weighted by atomic mass is 16.5. The maximum Gasteiger partial charge on any atom is 0.217 e. The van der Waals surface area contributed by atoms with E-state index in [0.717, 1.165) is 49.5 Å². The summed E-state index contributed by atoms with van der Waals surface area (Å²) in [4.78, 5) is 8.33. The Labute approximate surface area is 154 Å². The molecule has 1 aromatic rings. The van der Waals surface area contributed by atoms with E-state index in [0.29, 0.717) is 11.5 Å². The molecule has 6 heteroatoms. The third-order valence-electron chi connectivity index (χ3n) is 4.58. The largest absolute Gasteiger partial charge is 0.483 e. The number of aliphatic imine (C=N–C) groups is 1. The molecule has 0 N–H and O–H groups in total. The third kappa shape index (κ3) is 3.36. The number of guanidine groups is 1. The van der Waals surface area contributed by atoms with Gasteiger partial charge in [-0.3, -0.25) is 0 Å². The summed E-state index contributed by atoms with van der Waals surface area (Å²) >= 11 is 0. The van der Waals surface area contributed by atoms with Gasteiger partial charge in [0.2, 0.25) is 12.2 Å². The fourth-order valence-corrected chi connectivity index (χ4v) is 3.39. The second kappa shape index (κ2) is 7.09. The van der Waals surface area contributed by atoms with Crippen LogP contribution in [0.15, 0.2) is 29.3 Å². The van der Waals surface area contributed by atoms with Gasteiger partial charge in [0.15, 0.2) is 0 Å². The molecule has 1 aromatic carbocycles. The summed E-state index contributed by atoms with van der Waals surface area (Å²) in [7, 11) is 0. The van der Waals surface area contributed by atoms with Crippen LogP contribution in [-0.2, 0) is 0 Å². The quantitative estimate of drug-likeness (QED) is 0.779. The minimum atomic E-state index is -0.481. The van der Waals surface area contributed by atoms with Crippen molar-refractivity contribution in [1.82, 2.24) is 9.80 Å². The number of ether oxygens (including phenoxy) is 1. The van der Waals surface area contributed by atoms with Crippen LogP contribution >= 0.6 is 0 Å². The Balaban J connectivity index is 2.04. The molecule has 0 radical (unpaired) electrons. The molecule has 0 atom stereocenters. The zero-order valence-corrected chi connectivity index (χ0v) is 15.5. The molecule has 2 heterocycles. The van der Waals surface area contributed by atoms with Gasteiger partial charge < -0.3 is 14.5 Å². The summed E-state index contributed by atoms with van der Waals surface area (Å²) in [5.74, 6) is 1.42. The monoisotopic (exact) mass is 349 g/mol. The van der Waals surface area contributed by atoms with Gasteiger partial charge in [0, 0.05) is 25.2 Å². The van der Waals surface area contributed by atoms with Crippen molar-refractivity contribution >= 4 is 11.7 Å². The minimum Gasteiger partial charge on any atom is -0.483 e. The highest BCUT2D eigenvalue weighted by Crippen LogP contribution is 2.39. The predicted molar refractivity (Wildman–Crippen MR) is 100 cm³/mol. The summed E-state index contributed by atoms with van der Waals surface area (Å²) in [6.07, 6.45) is 6.14. The lowest BCUT2D eigenvalue weighted by Gasteiger charge is -2.35. The Bertz CT molecular complexity index is 841. The van der Waals surface area contributed by atoms with Crippen molar-refractivity contribution in [2.75, 3.05) is 19.6 Å². The van der Waals surface area contributed by atoms with E-state index in [9.17, 15) is 10.5 Å². The number of nitrogens with zero attached hydrogens (tertiary/aromatic N) is 5. The van der Waals surface area contributed by atoms with Crippen molar-refractivity contribution < 1.29 is 4.74 Å². The van der Waals surface area contributed by atoms with E-state index in [1.54, 1.807) is 6.07 Å². The van der Waals surface area contributed by atoms with Crippen LogP contribution in [0, 0.1) is 22.8 Å². The van der Waals surface area contributed by atoms with Gasteiger partial charge in [0.25, 0.3) is 0 Å². The number of rotatable bonds is 4. The lowest BCUT2D eigenvalue weighted by molar-refractivity contribution is 0.156. The molecule has 134 valence electrons. The second-order valence-corrected chi connectivity index (χ2v) is 7.06. The van der Waals surface area contributed by atoms with Gasteiger partial charge in [-0.25, -0.2) is 0 Å². The molecule has 6 nitrogen and oxygen atoms in total. The van der Waals surface area contributed by atoms with Gasteiger partial charge in [0.1, 0.15) is 11.4 Å². The summed E-state index contributed by atoms with van der Waals surface area (Å²) in [6.45, 7) is 8.61. The van der Waals surface area contributed by atoms with Gasteiger partial charge in [-0.15, -0.1) is 4.99 Å². The molecule has 0 spiro atoms. The van der Waals surface area contributed by atoms with Crippen molar-refractivity contribution in [3.8, 4) is 18.0 Å². The number of fused-ring (bicyclic) bond motifs is 1. The van der Waals surface area contributed by atoms with Crippen molar-refractivity contribution in [3.05, 3.63) is 35.4 Å². The van der Waals surface area contributed by atoms with E-state index >= 15 is 0 Å². The molecule has 0 aromatic heterocycles. The number of nitriles is 2. The Morgan fingerprint density at radius 2 is 2.08 bits per heavy atom. The van der Waals surface area contributed by atoms with E-state index in [2.05, 4.69) is 27.8 Å². The average Bonchev–Trinajstić information content (AvgIpc) is 3.01. The Morgan fingerprint density at radius 3 is 2.77 bits per heavy atom. The zero-order chi connectivity index (χ0) is 18.7. The maximum absolute atomic E-state index is 9.27. The van der Waals surface area contributed by atoms with Crippen molar-refractivity contribution in [3.63, 3.8) is 0 Å². The molecule has 2 aliphatic heterocycles. The van der Waals surface area contributed by atoms with Crippen molar-refractivity contribution in [1.29, 1.82) is 10.5 Å². The summed E-state index contributed by atoms with van der Waals surface area (Å²) in [5, 5.41) is 18.5. The lowest BCUT2D eigenvalue weighted by Crippen LogP contribution is -2.37. The van der Waals surface area contributed by atoms with Crippen molar-refractivity contribution in [2.45, 2.75) is 39.2 Å². The van der Waals surface area contributed by atoms with Gasteiger partial charge in [0.05, 0.1) is 17.3 Å². The van der Waals surface area contributed by atoms with E-state index in [1.807, 2.05) is 38.2 Å². The van der Waals surface area contributed by atoms with Crippen LogP contribution in [0.25, 0.3) is 5.70 Å². The molecule has 26 heavy (non-hydrogen) atoms. The normalized spacial score (nSPS) is 19.4. The highest BCUT2D eigenvalue weighted by molar-refractivity contribution is 5.93. The molecule has 0 aliphatic carbocycles. The Morgan fingerprint density at radius 1 is 1.27 bits per heavy atom. The Kier molecular flexibility index (Phi) is 4.86. The fourth-order valence-electron chi connectivity index (χ4n) is 3.39. The lowest BCUT2D eigenvalue weighted by atomic mass is 9.97. The topological polar surface area (TPSA) is 75.7 Å². The first kappa shape index (κ1) is 17.8. The third-order valence-corrected chi connectivity index (χ3v) is 4.58. The fraction of sp³-hybridized carbons (Fsp3) is 0.450. The first-order chi connectivity index (χ1) is 12.5. The molecular formula is C20H23N5O. The standard InChI is InChI=1S/C20H23N5O/c1-4-5-8-24-9-10-25(19(24)23-14-22)17-12-20(2,3)26-18-7-6-15(13-21)11-16(17)18/h6-7,11-12H,4-5,8-10H2,1-3H3. The molecule has 0 saturated carbocycles. The Hall–Kier alpha value is -2.99. The maximum atomic E-state index is 9.27. The number of hydrogen-bond donors (Lipinski definition) is 0. The number of hydrogen-bond acceptors (Lipinski definition) is 4. The van der Waals surface area contributed by atoms with E-state index in [1.165, 1.54) is 0 Å². The van der Waals surface area contributed by atoms with Crippen molar-refractivity contribution in [2.24, 2.45) is 4.99 Å². The molecule has 1 saturated heterocycles. The van der Waals surface area contributed by atoms with E-state index in [4.69, 9.17) is 4.74 Å². The number of unbranched alkanes of at least 4 members (excludes halogenated alkanes) is 1. The van der Waals surface area contributed by atoms with Gasteiger partial charge in [-0.2, -0.15) is 10.5 Å². The first-order valence-corrected chi connectivity index (χ1v) is 8.94. The predicted octanol–water partition coefficient (Wildman–Crippen LogP) is 3.32. The highest BCUT2D eigenvalue weighted by Gasteiger charge is 2.35. The van der Waals surface area contributed by atoms with Crippen LogP contribution in [0.1, 0.15) is 44.7 Å². The molecule has 2 aliphatic rings. The van der Waals surface area contributed by atoms with Gasteiger partial charge in [-0.1, -0.05) is 13.3 Å². The van der Waals surface area contributed by atoms with Crippen LogP contribution in [0.5, 0.6) is 5.75 Å². The second-order valence-electron chi connectivity index (χ2n) is 7.06. The molecule has 3 rings (SSSR count). The van der Waals surface area contributed by atoms with Crippen LogP contribution in [0.4, 0.5) is 0 Å². The molecular weight excluding hydrogens is 326 g/mol. The molecule has 1 fully saturated rings. The van der Waals surface area contributed by atoms with Crippen LogP contribution in [-0.4, -0.2) is 41.0 Å². The molecule has 0 amide bonds. The smallest absolute Gasteiger partial charge is 0.217 e. The van der Waals surface area contributed by atoms with E-state index in [-0.39, 0.29) is 0 Å². The average molecular weight is 349 g/mol. The van der Waals surface area contributed by atoms with Gasteiger partial charge in [-0.05, 0) is 44.5 Å². The van der Waals surface area contributed by atoms with Crippen LogP contribution in [0.2, 0.25) is 0 Å². The summed E-state index contributed by atoms with van der Waals surface area (Å²) in [5.41, 5.74) is 1.91.